The Bertz CT molecular complexity index is 299. The number of nitrogens with one attached hydrogen (secondary N) is 1. The van der Waals surface area contributed by atoms with Crippen molar-refractivity contribution in [3.8, 4) is 0 Å². The van der Waals surface area contributed by atoms with Gasteiger partial charge in [0.15, 0.2) is 5.84 Å². The summed E-state index contributed by atoms with van der Waals surface area (Å²) in [6, 6.07) is 0. The van der Waals surface area contributed by atoms with Crippen LogP contribution in [0.1, 0.15) is 26.7 Å². The number of ether oxygens (including phenoxy) is 1. The molecule has 104 valence electrons. The monoisotopic (exact) mass is 257 g/mol. The first kappa shape index (κ1) is 14.8. The van der Waals surface area contributed by atoms with Crippen molar-refractivity contribution in [2.75, 3.05) is 19.8 Å². The molecule has 0 spiro atoms. The Hall–Kier alpha value is -1.30. The predicted molar refractivity (Wildman–Crippen MR) is 68.3 cm³/mol. The molecule has 6 heteroatoms. The number of rotatable bonds is 5. The Kier molecular flexibility index (Phi) is 5.91. The second kappa shape index (κ2) is 7.20. The second-order valence-corrected chi connectivity index (χ2v) is 5.07. The van der Waals surface area contributed by atoms with Crippen molar-refractivity contribution < 1.29 is 14.7 Å². The molecule has 0 aromatic rings. The molecule has 1 amide bonds. The fourth-order valence-corrected chi connectivity index (χ4v) is 2.16. The third-order valence-electron chi connectivity index (χ3n) is 3.20. The van der Waals surface area contributed by atoms with Crippen LogP contribution in [0.15, 0.2) is 5.16 Å². The van der Waals surface area contributed by atoms with E-state index in [2.05, 4.69) is 10.5 Å². The minimum Gasteiger partial charge on any atom is -0.409 e. The molecule has 4 N–H and O–H groups in total. The Labute approximate surface area is 108 Å². The minimum atomic E-state index is -0.584. The summed E-state index contributed by atoms with van der Waals surface area (Å²) in [5.74, 6) is -0.459. The number of hydrogen-bond donors (Lipinski definition) is 3. The van der Waals surface area contributed by atoms with Gasteiger partial charge in [0.25, 0.3) is 0 Å². The van der Waals surface area contributed by atoms with Gasteiger partial charge >= 0.3 is 0 Å². The van der Waals surface area contributed by atoms with Crippen LogP contribution in [0.4, 0.5) is 0 Å². The molecule has 1 fully saturated rings. The van der Waals surface area contributed by atoms with E-state index < -0.39 is 5.92 Å². The highest BCUT2D eigenvalue weighted by atomic mass is 16.5. The molecule has 0 bridgehead atoms. The summed E-state index contributed by atoms with van der Waals surface area (Å²) in [4.78, 5) is 12.0. The largest absolute Gasteiger partial charge is 0.409 e. The van der Waals surface area contributed by atoms with Gasteiger partial charge in [-0.25, -0.2) is 0 Å². The van der Waals surface area contributed by atoms with E-state index in [9.17, 15) is 4.79 Å². The maximum Gasteiger partial charge on any atom is 0.231 e. The van der Waals surface area contributed by atoms with Crippen LogP contribution in [0.25, 0.3) is 0 Å². The number of carbonyl (C=O) groups is 1. The van der Waals surface area contributed by atoms with Gasteiger partial charge in [-0.3, -0.25) is 4.79 Å². The molecule has 18 heavy (non-hydrogen) atoms. The number of hydrogen-bond acceptors (Lipinski definition) is 4. The molecule has 1 aliphatic rings. The van der Waals surface area contributed by atoms with E-state index in [4.69, 9.17) is 15.7 Å². The third kappa shape index (κ3) is 4.18. The van der Waals surface area contributed by atoms with Crippen LogP contribution in [0, 0.1) is 17.8 Å². The highest BCUT2D eigenvalue weighted by molar-refractivity contribution is 6.02. The minimum absolute atomic E-state index is 0.0106. The van der Waals surface area contributed by atoms with Crippen molar-refractivity contribution >= 4 is 11.7 Å². The fourth-order valence-electron chi connectivity index (χ4n) is 2.16. The van der Waals surface area contributed by atoms with Crippen molar-refractivity contribution in [1.29, 1.82) is 0 Å². The van der Waals surface area contributed by atoms with Crippen LogP contribution in [-0.2, 0) is 9.53 Å². The van der Waals surface area contributed by atoms with Gasteiger partial charge in [-0.1, -0.05) is 19.0 Å². The smallest absolute Gasteiger partial charge is 0.231 e. The first-order valence-corrected chi connectivity index (χ1v) is 6.39. The van der Waals surface area contributed by atoms with Gasteiger partial charge in [-0.05, 0) is 24.7 Å². The van der Waals surface area contributed by atoms with Gasteiger partial charge in [0.2, 0.25) is 5.91 Å². The molecule has 1 saturated heterocycles. The normalized spacial score (nSPS) is 22.8. The Balaban J connectivity index is 2.46. The summed E-state index contributed by atoms with van der Waals surface area (Å²) < 4.78 is 5.35. The van der Waals surface area contributed by atoms with Crippen LogP contribution in [0.5, 0.6) is 0 Å². The zero-order chi connectivity index (χ0) is 13.5. The van der Waals surface area contributed by atoms with Crippen LogP contribution < -0.4 is 11.1 Å². The van der Waals surface area contributed by atoms with Gasteiger partial charge in [-0.2, -0.15) is 0 Å². The molecule has 1 heterocycles. The van der Waals surface area contributed by atoms with Crippen LogP contribution >= 0.6 is 0 Å². The molecule has 2 unspecified atom stereocenters. The zero-order valence-electron chi connectivity index (χ0n) is 11.1. The van der Waals surface area contributed by atoms with Gasteiger partial charge in [-0.15, -0.1) is 0 Å². The SMILES string of the molecule is CC(C)C(C(=O)NCC1CCCOC1)C(N)=NO. The highest BCUT2D eigenvalue weighted by Gasteiger charge is 2.27. The van der Waals surface area contributed by atoms with Crippen molar-refractivity contribution in [3.63, 3.8) is 0 Å². The molecule has 6 nitrogen and oxygen atoms in total. The number of nitrogens with zero attached hydrogens (tertiary/aromatic N) is 1. The Morgan fingerprint density at radius 1 is 1.61 bits per heavy atom. The molecule has 1 rings (SSSR count). The van der Waals surface area contributed by atoms with Crippen molar-refractivity contribution in [2.45, 2.75) is 26.7 Å². The molecule has 0 aliphatic carbocycles. The fraction of sp³-hybridized carbons (Fsp3) is 0.833. The average Bonchev–Trinajstić information content (AvgIpc) is 2.37. The number of amides is 1. The Morgan fingerprint density at radius 3 is 2.83 bits per heavy atom. The quantitative estimate of drug-likeness (QED) is 0.290. The molecular formula is C12H23N3O3. The highest BCUT2D eigenvalue weighted by Crippen LogP contribution is 2.14. The van der Waals surface area contributed by atoms with E-state index in [1.807, 2.05) is 13.8 Å². The lowest BCUT2D eigenvalue weighted by Gasteiger charge is -2.24. The lowest BCUT2D eigenvalue weighted by atomic mass is 9.93. The summed E-state index contributed by atoms with van der Waals surface area (Å²) in [5.41, 5.74) is 5.54. The van der Waals surface area contributed by atoms with Crippen LogP contribution in [0.2, 0.25) is 0 Å². The number of oxime groups is 1. The maximum absolute atomic E-state index is 12.0. The van der Waals surface area contributed by atoms with Gasteiger partial charge < -0.3 is 21.0 Å². The van der Waals surface area contributed by atoms with E-state index in [1.165, 1.54) is 0 Å². The van der Waals surface area contributed by atoms with E-state index in [1.54, 1.807) is 0 Å². The van der Waals surface area contributed by atoms with Crippen LogP contribution in [-0.4, -0.2) is 36.7 Å². The molecule has 2 atom stereocenters. The van der Waals surface area contributed by atoms with Crippen molar-refractivity contribution in [3.05, 3.63) is 0 Å². The maximum atomic E-state index is 12.0. The summed E-state index contributed by atoms with van der Waals surface area (Å²) in [6.45, 7) is 5.82. The predicted octanol–water partition coefficient (Wildman–Crippen LogP) is 0.548. The molecule has 0 radical (unpaired) electrons. The summed E-state index contributed by atoms with van der Waals surface area (Å²) in [5, 5.41) is 14.5. The van der Waals surface area contributed by atoms with E-state index >= 15 is 0 Å². The standard InChI is InChI=1S/C12H23N3O3/c1-8(2)10(11(13)15-17)12(16)14-6-9-4-3-5-18-7-9/h8-10,17H,3-7H2,1-2H3,(H2,13,15)(H,14,16). The topological polar surface area (TPSA) is 96.9 Å². The van der Waals surface area contributed by atoms with E-state index in [0.29, 0.717) is 19.1 Å². The van der Waals surface area contributed by atoms with Gasteiger partial charge in [0.1, 0.15) is 5.92 Å². The van der Waals surface area contributed by atoms with Crippen LogP contribution in [0.3, 0.4) is 0 Å². The molecule has 0 aromatic carbocycles. The molecule has 0 aromatic heterocycles. The molecule has 0 saturated carbocycles. The summed E-state index contributed by atoms with van der Waals surface area (Å²) in [7, 11) is 0. The number of amidine groups is 1. The second-order valence-electron chi connectivity index (χ2n) is 5.07. The molecule has 1 aliphatic heterocycles. The summed E-state index contributed by atoms with van der Waals surface area (Å²) >= 11 is 0. The third-order valence-corrected chi connectivity index (χ3v) is 3.20. The number of nitrogens with two attached hydrogens (primary N) is 1. The molecular weight excluding hydrogens is 234 g/mol. The van der Waals surface area contributed by atoms with Gasteiger partial charge in [0.05, 0.1) is 6.61 Å². The van der Waals surface area contributed by atoms with Crippen molar-refractivity contribution in [1.82, 2.24) is 5.32 Å². The van der Waals surface area contributed by atoms with Crippen molar-refractivity contribution in [2.24, 2.45) is 28.6 Å². The van der Waals surface area contributed by atoms with E-state index in [-0.39, 0.29) is 17.7 Å². The zero-order valence-corrected chi connectivity index (χ0v) is 11.1. The lowest BCUT2D eigenvalue weighted by molar-refractivity contribution is -0.124. The number of carbonyl (C=O) groups excluding carboxylic acids is 1. The summed E-state index contributed by atoms with van der Waals surface area (Å²) in [6.07, 6.45) is 2.10. The van der Waals surface area contributed by atoms with E-state index in [0.717, 1.165) is 19.4 Å². The Morgan fingerprint density at radius 2 is 2.33 bits per heavy atom. The lowest BCUT2D eigenvalue weighted by Crippen LogP contribution is -2.44. The first-order chi connectivity index (χ1) is 8.56. The average molecular weight is 257 g/mol. The first-order valence-electron chi connectivity index (χ1n) is 6.39. The van der Waals surface area contributed by atoms with Gasteiger partial charge in [0, 0.05) is 13.2 Å².